The molecule has 4 unspecified atom stereocenters. The first kappa shape index (κ1) is 10.7. The fraction of sp³-hybridized carbons (Fsp3) is 0.750. The van der Waals surface area contributed by atoms with Gasteiger partial charge in [0.15, 0.2) is 0 Å². The molecule has 3 nitrogen and oxygen atoms in total. The number of fused-ring (bicyclic) bond motifs is 2. The molecular weight excluding hydrogens is 188 g/mol. The maximum absolute atomic E-state index is 11.9. The summed E-state index contributed by atoms with van der Waals surface area (Å²) >= 11 is 0. The van der Waals surface area contributed by atoms with Crippen molar-refractivity contribution in [1.29, 1.82) is 0 Å². The van der Waals surface area contributed by atoms with E-state index in [1.807, 2.05) is 6.08 Å². The van der Waals surface area contributed by atoms with Gasteiger partial charge >= 0.3 is 0 Å². The van der Waals surface area contributed by atoms with Crippen molar-refractivity contribution in [3.05, 3.63) is 12.7 Å². The van der Waals surface area contributed by atoms with Gasteiger partial charge in [-0.1, -0.05) is 6.08 Å². The van der Waals surface area contributed by atoms with Crippen molar-refractivity contribution < 1.29 is 4.79 Å². The molecule has 2 fully saturated rings. The average molecular weight is 208 g/mol. The molecule has 2 rings (SSSR count). The maximum atomic E-state index is 11.9. The zero-order valence-electron chi connectivity index (χ0n) is 9.11. The number of rotatable bonds is 4. The second-order valence-corrected chi connectivity index (χ2v) is 4.80. The maximum Gasteiger partial charge on any atom is 0.224 e. The number of nitrogens with two attached hydrogens (primary N) is 1. The highest BCUT2D eigenvalue weighted by molar-refractivity contribution is 5.80. The lowest BCUT2D eigenvalue weighted by Crippen LogP contribution is -2.45. The van der Waals surface area contributed by atoms with Crippen LogP contribution in [0.15, 0.2) is 12.7 Å². The van der Waals surface area contributed by atoms with Crippen molar-refractivity contribution in [2.24, 2.45) is 23.5 Å². The summed E-state index contributed by atoms with van der Waals surface area (Å²) in [6, 6.07) is 0.104. The Labute approximate surface area is 91.1 Å². The van der Waals surface area contributed by atoms with Crippen LogP contribution in [0.2, 0.25) is 0 Å². The standard InChI is InChI=1S/C12H20N2O/c1-2-3-6-14-12(15)10-8-4-5-9(7-8)11(10)13/h2,8-11H,1,3-7,13H2,(H,14,15). The molecule has 0 heterocycles. The first-order valence-corrected chi connectivity index (χ1v) is 5.88. The predicted octanol–water partition coefficient (Wildman–Crippen LogP) is 1.05. The molecule has 2 bridgehead atoms. The largest absolute Gasteiger partial charge is 0.355 e. The lowest BCUT2D eigenvalue weighted by molar-refractivity contribution is -0.126. The molecule has 15 heavy (non-hydrogen) atoms. The zero-order chi connectivity index (χ0) is 10.8. The van der Waals surface area contributed by atoms with E-state index in [-0.39, 0.29) is 17.9 Å². The van der Waals surface area contributed by atoms with Crippen LogP contribution in [0.4, 0.5) is 0 Å². The molecule has 1 amide bonds. The number of hydrogen-bond acceptors (Lipinski definition) is 2. The van der Waals surface area contributed by atoms with E-state index in [2.05, 4.69) is 11.9 Å². The molecule has 0 radical (unpaired) electrons. The minimum atomic E-state index is 0.0774. The molecule has 2 aliphatic carbocycles. The highest BCUT2D eigenvalue weighted by atomic mass is 16.1. The predicted molar refractivity (Wildman–Crippen MR) is 60.1 cm³/mol. The molecule has 0 spiro atoms. The highest BCUT2D eigenvalue weighted by Gasteiger charge is 2.48. The summed E-state index contributed by atoms with van der Waals surface area (Å²) in [6.45, 7) is 4.33. The van der Waals surface area contributed by atoms with E-state index < -0.39 is 0 Å². The number of carbonyl (C=O) groups is 1. The van der Waals surface area contributed by atoms with Gasteiger partial charge in [-0.05, 0) is 37.5 Å². The molecule has 0 aromatic heterocycles. The molecule has 0 aromatic carbocycles. The molecule has 3 heteroatoms. The van der Waals surface area contributed by atoms with Crippen LogP contribution in [0.1, 0.15) is 25.7 Å². The quantitative estimate of drug-likeness (QED) is 0.536. The molecule has 0 aliphatic heterocycles. The molecule has 2 saturated carbocycles. The van der Waals surface area contributed by atoms with E-state index in [0.29, 0.717) is 18.4 Å². The second-order valence-electron chi connectivity index (χ2n) is 4.80. The molecule has 0 saturated heterocycles. The normalized spacial score (nSPS) is 37.9. The SMILES string of the molecule is C=CCCNC(=O)C1C2CCC(C2)C1N. The average Bonchev–Trinajstić information content (AvgIpc) is 2.78. The zero-order valence-corrected chi connectivity index (χ0v) is 9.11. The van der Waals surface area contributed by atoms with Crippen LogP contribution < -0.4 is 11.1 Å². The Bertz CT molecular complexity index is 262. The third kappa shape index (κ3) is 1.93. The fourth-order valence-corrected chi connectivity index (χ4v) is 3.14. The Morgan fingerprint density at radius 3 is 2.80 bits per heavy atom. The topological polar surface area (TPSA) is 55.1 Å². The minimum absolute atomic E-state index is 0.0774. The summed E-state index contributed by atoms with van der Waals surface area (Å²) in [5, 5.41) is 2.95. The van der Waals surface area contributed by atoms with E-state index in [0.717, 1.165) is 6.42 Å². The van der Waals surface area contributed by atoms with Crippen LogP contribution in [0.5, 0.6) is 0 Å². The van der Waals surface area contributed by atoms with Crippen LogP contribution in [0, 0.1) is 17.8 Å². The minimum Gasteiger partial charge on any atom is -0.355 e. The Morgan fingerprint density at radius 1 is 1.47 bits per heavy atom. The third-order valence-electron chi connectivity index (χ3n) is 3.93. The van der Waals surface area contributed by atoms with Crippen LogP contribution >= 0.6 is 0 Å². The Kier molecular flexibility index (Phi) is 3.10. The van der Waals surface area contributed by atoms with Crippen molar-refractivity contribution in [3.63, 3.8) is 0 Å². The van der Waals surface area contributed by atoms with Crippen molar-refractivity contribution in [1.82, 2.24) is 5.32 Å². The van der Waals surface area contributed by atoms with Gasteiger partial charge in [0.2, 0.25) is 5.91 Å². The van der Waals surface area contributed by atoms with E-state index in [1.165, 1.54) is 19.3 Å². The van der Waals surface area contributed by atoms with Gasteiger partial charge in [0.1, 0.15) is 0 Å². The molecular formula is C12H20N2O. The Hall–Kier alpha value is -0.830. The van der Waals surface area contributed by atoms with Crippen LogP contribution in [-0.2, 0) is 4.79 Å². The summed E-state index contributed by atoms with van der Waals surface area (Å²) < 4.78 is 0. The van der Waals surface area contributed by atoms with Gasteiger partial charge < -0.3 is 11.1 Å². The molecule has 84 valence electrons. The summed E-state index contributed by atoms with van der Waals surface area (Å²) in [6.07, 6.45) is 6.24. The smallest absolute Gasteiger partial charge is 0.224 e. The van der Waals surface area contributed by atoms with Crippen molar-refractivity contribution in [2.75, 3.05) is 6.54 Å². The van der Waals surface area contributed by atoms with E-state index in [4.69, 9.17) is 5.73 Å². The second kappa shape index (κ2) is 4.35. The van der Waals surface area contributed by atoms with Crippen LogP contribution in [0.25, 0.3) is 0 Å². The van der Waals surface area contributed by atoms with Gasteiger partial charge in [0.25, 0.3) is 0 Å². The van der Waals surface area contributed by atoms with Gasteiger partial charge in [0, 0.05) is 12.6 Å². The lowest BCUT2D eigenvalue weighted by atomic mass is 9.84. The number of carbonyl (C=O) groups excluding carboxylic acids is 1. The third-order valence-corrected chi connectivity index (χ3v) is 3.93. The molecule has 3 N–H and O–H groups in total. The molecule has 0 aromatic rings. The van der Waals surface area contributed by atoms with Crippen molar-refractivity contribution in [3.8, 4) is 0 Å². The van der Waals surface area contributed by atoms with E-state index in [1.54, 1.807) is 0 Å². The summed E-state index contributed by atoms with van der Waals surface area (Å²) in [7, 11) is 0. The van der Waals surface area contributed by atoms with E-state index >= 15 is 0 Å². The molecule has 4 atom stereocenters. The highest BCUT2D eigenvalue weighted by Crippen LogP contribution is 2.47. The van der Waals surface area contributed by atoms with Gasteiger partial charge in [-0.2, -0.15) is 0 Å². The van der Waals surface area contributed by atoms with Gasteiger partial charge in [-0.15, -0.1) is 6.58 Å². The van der Waals surface area contributed by atoms with Crippen LogP contribution in [-0.4, -0.2) is 18.5 Å². The lowest BCUT2D eigenvalue weighted by Gasteiger charge is -2.26. The first-order chi connectivity index (χ1) is 7.24. The van der Waals surface area contributed by atoms with Crippen molar-refractivity contribution >= 4 is 5.91 Å². The number of nitrogens with one attached hydrogen (secondary N) is 1. The van der Waals surface area contributed by atoms with Gasteiger partial charge in [0.05, 0.1) is 5.92 Å². The van der Waals surface area contributed by atoms with Crippen molar-refractivity contribution in [2.45, 2.75) is 31.7 Å². The van der Waals surface area contributed by atoms with E-state index in [9.17, 15) is 4.79 Å². The summed E-state index contributed by atoms with van der Waals surface area (Å²) in [4.78, 5) is 11.9. The first-order valence-electron chi connectivity index (χ1n) is 5.88. The number of amides is 1. The molecule has 2 aliphatic rings. The monoisotopic (exact) mass is 208 g/mol. The fourth-order valence-electron chi connectivity index (χ4n) is 3.14. The Morgan fingerprint density at radius 2 is 2.20 bits per heavy atom. The Balaban J connectivity index is 1.87. The summed E-state index contributed by atoms with van der Waals surface area (Å²) in [5.41, 5.74) is 6.09. The van der Waals surface area contributed by atoms with Gasteiger partial charge in [-0.3, -0.25) is 4.79 Å². The van der Waals surface area contributed by atoms with Gasteiger partial charge in [-0.25, -0.2) is 0 Å². The number of hydrogen-bond donors (Lipinski definition) is 2. The summed E-state index contributed by atoms with van der Waals surface area (Å²) in [5.74, 6) is 1.39. The van der Waals surface area contributed by atoms with Crippen LogP contribution in [0.3, 0.4) is 0 Å².